The molecule has 1 saturated carbocycles. The predicted octanol–water partition coefficient (Wildman–Crippen LogP) is 1.90. The van der Waals surface area contributed by atoms with Crippen LogP contribution in [0.3, 0.4) is 0 Å². The summed E-state index contributed by atoms with van der Waals surface area (Å²) in [6.45, 7) is 5.48. The second kappa shape index (κ2) is 6.50. The molecule has 25 heavy (non-hydrogen) atoms. The van der Waals surface area contributed by atoms with E-state index in [9.17, 15) is 14.4 Å². The first-order valence-electron chi connectivity index (χ1n) is 8.89. The van der Waals surface area contributed by atoms with E-state index in [-0.39, 0.29) is 18.5 Å². The van der Waals surface area contributed by atoms with Gasteiger partial charge in [-0.05, 0) is 38.5 Å². The van der Waals surface area contributed by atoms with Gasteiger partial charge in [-0.2, -0.15) is 5.10 Å². The Morgan fingerprint density at radius 2 is 2.08 bits per heavy atom. The molecule has 2 aliphatic rings. The molecule has 2 heterocycles. The van der Waals surface area contributed by atoms with Crippen molar-refractivity contribution in [1.82, 2.24) is 20.0 Å². The van der Waals surface area contributed by atoms with E-state index >= 15 is 0 Å². The fraction of sp³-hybridized carbons (Fsp3) is 0.647. The molecule has 2 N–H and O–H groups in total. The molecule has 2 fully saturated rings. The van der Waals surface area contributed by atoms with E-state index in [1.165, 1.54) is 12.8 Å². The molecule has 1 unspecified atom stereocenters. The van der Waals surface area contributed by atoms with Crippen molar-refractivity contribution in [3.63, 3.8) is 0 Å². The van der Waals surface area contributed by atoms with E-state index in [2.05, 4.69) is 22.7 Å². The number of urea groups is 1. The number of carbonyl (C=O) groups excluding carboxylic acids is 3. The third-order valence-electron chi connectivity index (χ3n) is 5.38. The Labute approximate surface area is 146 Å². The SMILES string of the molecule is CCC1(CC)NC(=O)N(CC(=O)Nc2ccnn2C(C)C2CC2)C1=O. The molecule has 1 aromatic heterocycles. The van der Waals surface area contributed by atoms with Crippen molar-refractivity contribution in [1.29, 1.82) is 0 Å². The van der Waals surface area contributed by atoms with Crippen LogP contribution in [0.25, 0.3) is 0 Å². The van der Waals surface area contributed by atoms with Crippen LogP contribution in [0.4, 0.5) is 10.6 Å². The van der Waals surface area contributed by atoms with Crippen LogP contribution in [-0.4, -0.2) is 44.6 Å². The highest BCUT2D eigenvalue weighted by Gasteiger charge is 2.49. The number of aromatic nitrogens is 2. The second-order valence-corrected chi connectivity index (χ2v) is 6.90. The van der Waals surface area contributed by atoms with Crippen molar-refractivity contribution in [3.05, 3.63) is 12.3 Å². The molecule has 1 atom stereocenters. The van der Waals surface area contributed by atoms with E-state index in [1.54, 1.807) is 16.9 Å². The molecule has 1 aliphatic heterocycles. The summed E-state index contributed by atoms with van der Waals surface area (Å²) in [5.41, 5.74) is -0.889. The first-order chi connectivity index (χ1) is 11.9. The number of nitrogens with zero attached hydrogens (tertiary/aromatic N) is 3. The van der Waals surface area contributed by atoms with E-state index in [0.717, 1.165) is 4.90 Å². The number of imide groups is 1. The number of nitrogens with one attached hydrogen (secondary N) is 2. The zero-order chi connectivity index (χ0) is 18.2. The summed E-state index contributed by atoms with van der Waals surface area (Å²) >= 11 is 0. The Kier molecular flexibility index (Phi) is 4.53. The van der Waals surface area contributed by atoms with Gasteiger partial charge in [-0.3, -0.25) is 14.5 Å². The van der Waals surface area contributed by atoms with Crippen LogP contribution in [0.15, 0.2) is 12.3 Å². The average molecular weight is 347 g/mol. The van der Waals surface area contributed by atoms with Crippen LogP contribution in [0.5, 0.6) is 0 Å². The molecule has 1 aliphatic carbocycles. The van der Waals surface area contributed by atoms with Crippen molar-refractivity contribution in [2.24, 2.45) is 5.92 Å². The lowest BCUT2D eigenvalue weighted by Crippen LogP contribution is -2.46. The lowest BCUT2D eigenvalue weighted by atomic mass is 9.93. The summed E-state index contributed by atoms with van der Waals surface area (Å²) in [6.07, 6.45) is 4.98. The molecule has 8 nitrogen and oxygen atoms in total. The lowest BCUT2D eigenvalue weighted by Gasteiger charge is -2.23. The minimum atomic E-state index is -0.889. The van der Waals surface area contributed by atoms with E-state index in [4.69, 9.17) is 0 Å². The maximum absolute atomic E-state index is 12.6. The van der Waals surface area contributed by atoms with Gasteiger partial charge >= 0.3 is 6.03 Å². The van der Waals surface area contributed by atoms with Crippen LogP contribution in [0.1, 0.15) is 52.5 Å². The van der Waals surface area contributed by atoms with Gasteiger partial charge in [-0.25, -0.2) is 9.48 Å². The van der Waals surface area contributed by atoms with E-state index < -0.39 is 17.5 Å². The average Bonchev–Trinajstić information content (AvgIpc) is 3.31. The number of amides is 4. The minimum absolute atomic E-state index is 0.217. The summed E-state index contributed by atoms with van der Waals surface area (Å²) < 4.78 is 1.80. The van der Waals surface area contributed by atoms with Crippen LogP contribution >= 0.6 is 0 Å². The number of rotatable bonds is 7. The molecule has 0 bridgehead atoms. The summed E-state index contributed by atoms with van der Waals surface area (Å²) in [4.78, 5) is 38.1. The quantitative estimate of drug-likeness (QED) is 0.736. The molecule has 0 aromatic carbocycles. The molecule has 1 aromatic rings. The molecule has 8 heteroatoms. The van der Waals surface area contributed by atoms with E-state index in [0.29, 0.717) is 24.6 Å². The standard InChI is InChI=1S/C17H25N5O3/c1-4-17(5-2)15(24)21(16(25)20-17)10-14(23)19-13-8-9-18-22(13)11(3)12-6-7-12/h8-9,11-12H,4-7,10H2,1-3H3,(H,19,23)(H,20,25). The number of carbonyl (C=O) groups is 3. The number of anilines is 1. The van der Waals surface area contributed by atoms with Gasteiger partial charge in [0.15, 0.2) is 0 Å². The lowest BCUT2D eigenvalue weighted by molar-refractivity contribution is -0.134. The maximum Gasteiger partial charge on any atom is 0.325 e. The highest BCUT2D eigenvalue weighted by atomic mass is 16.2. The summed E-state index contributed by atoms with van der Waals surface area (Å²) in [5.74, 6) is 0.443. The smallest absolute Gasteiger partial charge is 0.323 e. The molecule has 0 radical (unpaired) electrons. The minimum Gasteiger partial charge on any atom is -0.323 e. The summed E-state index contributed by atoms with van der Waals surface area (Å²) in [5, 5.41) is 9.78. The van der Waals surface area contributed by atoms with Crippen LogP contribution < -0.4 is 10.6 Å². The van der Waals surface area contributed by atoms with Crippen molar-refractivity contribution < 1.29 is 14.4 Å². The van der Waals surface area contributed by atoms with Gasteiger partial charge in [0, 0.05) is 6.07 Å². The Hall–Kier alpha value is -2.38. The topological polar surface area (TPSA) is 96.3 Å². The first kappa shape index (κ1) is 17.4. The van der Waals surface area contributed by atoms with Gasteiger partial charge in [0.2, 0.25) is 5.91 Å². The third-order valence-corrected chi connectivity index (χ3v) is 5.38. The Bertz CT molecular complexity index is 690. The normalized spacial score (nSPS) is 20.5. The highest BCUT2D eigenvalue weighted by Crippen LogP contribution is 2.40. The monoisotopic (exact) mass is 347 g/mol. The molecule has 1 saturated heterocycles. The van der Waals surface area contributed by atoms with Crippen molar-refractivity contribution in [2.45, 2.75) is 58.0 Å². The number of hydrogen-bond donors (Lipinski definition) is 2. The largest absolute Gasteiger partial charge is 0.325 e. The van der Waals surface area contributed by atoms with Crippen molar-refractivity contribution in [3.8, 4) is 0 Å². The highest BCUT2D eigenvalue weighted by molar-refractivity contribution is 6.10. The van der Waals surface area contributed by atoms with Crippen molar-refractivity contribution >= 4 is 23.7 Å². The molecular formula is C17H25N5O3. The Morgan fingerprint density at radius 3 is 2.64 bits per heavy atom. The fourth-order valence-corrected chi connectivity index (χ4v) is 3.39. The number of hydrogen-bond acceptors (Lipinski definition) is 4. The fourth-order valence-electron chi connectivity index (χ4n) is 3.39. The van der Waals surface area contributed by atoms with Gasteiger partial charge in [0.05, 0.1) is 12.2 Å². The van der Waals surface area contributed by atoms with Crippen molar-refractivity contribution in [2.75, 3.05) is 11.9 Å². The third kappa shape index (κ3) is 3.12. The second-order valence-electron chi connectivity index (χ2n) is 6.90. The summed E-state index contributed by atoms with van der Waals surface area (Å²) in [7, 11) is 0. The molecule has 0 spiro atoms. The molecule has 136 valence electrons. The van der Waals surface area contributed by atoms with Crippen LogP contribution in [-0.2, 0) is 9.59 Å². The van der Waals surface area contributed by atoms with E-state index in [1.807, 2.05) is 13.8 Å². The zero-order valence-electron chi connectivity index (χ0n) is 14.9. The molecular weight excluding hydrogens is 322 g/mol. The zero-order valence-corrected chi connectivity index (χ0v) is 14.9. The van der Waals surface area contributed by atoms with Crippen LogP contribution in [0, 0.1) is 5.92 Å². The summed E-state index contributed by atoms with van der Waals surface area (Å²) in [6, 6.07) is 1.43. The van der Waals surface area contributed by atoms with Gasteiger partial charge in [0.25, 0.3) is 5.91 Å². The molecule has 3 rings (SSSR count). The van der Waals surface area contributed by atoms with Gasteiger partial charge < -0.3 is 10.6 Å². The van der Waals surface area contributed by atoms with Gasteiger partial charge in [-0.15, -0.1) is 0 Å². The first-order valence-corrected chi connectivity index (χ1v) is 8.89. The van der Waals surface area contributed by atoms with Gasteiger partial charge in [-0.1, -0.05) is 13.8 Å². The Balaban J connectivity index is 1.66. The Morgan fingerprint density at radius 1 is 1.40 bits per heavy atom. The molecule has 4 amide bonds. The predicted molar refractivity (Wildman–Crippen MR) is 91.8 cm³/mol. The van der Waals surface area contributed by atoms with Crippen LogP contribution in [0.2, 0.25) is 0 Å². The maximum atomic E-state index is 12.6. The van der Waals surface area contributed by atoms with Gasteiger partial charge in [0.1, 0.15) is 17.9 Å².